The zero-order valence-corrected chi connectivity index (χ0v) is 13.4. The van der Waals surface area contributed by atoms with Crippen molar-refractivity contribution in [2.45, 2.75) is 13.3 Å². The monoisotopic (exact) mass is 326 g/mol. The van der Waals surface area contributed by atoms with E-state index in [1.54, 1.807) is 19.1 Å². The molecule has 0 aliphatic carbocycles. The van der Waals surface area contributed by atoms with Crippen LogP contribution in [0.25, 0.3) is 10.6 Å². The topological polar surface area (TPSA) is 42.0 Å². The zero-order chi connectivity index (χ0) is 16.2. The summed E-state index contributed by atoms with van der Waals surface area (Å²) in [6.07, 6.45) is 0.122. The van der Waals surface area contributed by atoms with E-state index < -0.39 is 5.82 Å². The fraction of sp³-hybridized carbons (Fsp3) is 0.111. The molecule has 3 rings (SSSR count). The van der Waals surface area contributed by atoms with Crippen LogP contribution >= 0.6 is 11.3 Å². The number of aryl methyl sites for hydroxylation is 1. The molecule has 0 fully saturated rings. The molecule has 0 atom stereocenters. The summed E-state index contributed by atoms with van der Waals surface area (Å²) in [5.74, 6) is -0.709. The Bertz CT molecular complexity index is 830. The van der Waals surface area contributed by atoms with E-state index in [-0.39, 0.29) is 18.0 Å². The molecule has 1 aromatic heterocycles. The highest BCUT2D eigenvalue weighted by Gasteiger charge is 2.11. The first kappa shape index (κ1) is 15.4. The molecule has 0 aliphatic rings. The van der Waals surface area contributed by atoms with Crippen LogP contribution in [0.5, 0.6) is 0 Å². The number of hydrogen-bond donors (Lipinski definition) is 1. The molecular weight excluding hydrogens is 311 g/mol. The van der Waals surface area contributed by atoms with E-state index in [1.807, 2.05) is 35.7 Å². The predicted molar refractivity (Wildman–Crippen MR) is 91.0 cm³/mol. The summed E-state index contributed by atoms with van der Waals surface area (Å²) in [5.41, 5.74) is 2.71. The summed E-state index contributed by atoms with van der Waals surface area (Å²) in [7, 11) is 0. The molecule has 2 aromatic carbocycles. The Morgan fingerprint density at radius 3 is 2.74 bits per heavy atom. The van der Waals surface area contributed by atoms with Gasteiger partial charge in [0.2, 0.25) is 5.91 Å². The standard InChI is InChI=1S/C18H15FN2OS/c1-12-7-8-16(15(19)9-12)21-17(22)10-14-11-23-18(20-14)13-5-3-2-4-6-13/h2-9,11H,10H2,1H3,(H,21,22). The van der Waals surface area contributed by atoms with Crippen molar-refractivity contribution in [1.29, 1.82) is 0 Å². The quantitative estimate of drug-likeness (QED) is 0.770. The lowest BCUT2D eigenvalue weighted by atomic mass is 10.2. The first-order valence-corrected chi connectivity index (χ1v) is 8.05. The van der Waals surface area contributed by atoms with Crippen LogP contribution in [-0.4, -0.2) is 10.9 Å². The maximum atomic E-state index is 13.7. The van der Waals surface area contributed by atoms with E-state index in [0.717, 1.165) is 16.1 Å². The number of halogens is 1. The van der Waals surface area contributed by atoms with Crippen LogP contribution in [0.1, 0.15) is 11.3 Å². The number of nitrogens with zero attached hydrogens (tertiary/aromatic N) is 1. The summed E-state index contributed by atoms with van der Waals surface area (Å²) in [6.45, 7) is 1.80. The number of hydrogen-bond acceptors (Lipinski definition) is 3. The Kier molecular flexibility index (Phi) is 4.48. The smallest absolute Gasteiger partial charge is 0.230 e. The van der Waals surface area contributed by atoms with Crippen molar-refractivity contribution >= 4 is 22.9 Å². The van der Waals surface area contributed by atoms with E-state index in [9.17, 15) is 9.18 Å². The van der Waals surface area contributed by atoms with Gasteiger partial charge in [-0.05, 0) is 24.6 Å². The van der Waals surface area contributed by atoms with E-state index in [2.05, 4.69) is 10.3 Å². The number of rotatable bonds is 4. The number of thiazole rings is 1. The summed E-state index contributed by atoms with van der Waals surface area (Å²) in [5, 5.41) is 5.31. The normalized spacial score (nSPS) is 10.5. The Balaban J connectivity index is 1.68. The second kappa shape index (κ2) is 6.71. The third-order valence-corrected chi connectivity index (χ3v) is 4.25. The number of carbonyl (C=O) groups is 1. The molecule has 23 heavy (non-hydrogen) atoms. The maximum Gasteiger partial charge on any atom is 0.230 e. The molecule has 1 N–H and O–H groups in total. The fourth-order valence-corrected chi connectivity index (χ4v) is 3.01. The molecule has 1 heterocycles. The van der Waals surface area contributed by atoms with Crippen molar-refractivity contribution in [3.8, 4) is 10.6 Å². The summed E-state index contributed by atoms with van der Waals surface area (Å²) in [4.78, 5) is 16.5. The third kappa shape index (κ3) is 3.81. The highest BCUT2D eigenvalue weighted by atomic mass is 32.1. The maximum absolute atomic E-state index is 13.7. The second-order valence-electron chi connectivity index (χ2n) is 5.22. The lowest BCUT2D eigenvalue weighted by Gasteiger charge is -2.06. The third-order valence-electron chi connectivity index (χ3n) is 3.31. The van der Waals surface area contributed by atoms with E-state index in [1.165, 1.54) is 17.4 Å². The molecule has 1 amide bonds. The van der Waals surface area contributed by atoms with Crippen molar-refractivity contribution in [3.05, 3.63) is 71.0 Å². The first-order valence-electron chi connectivity index (χ1n) is 7.17. The minimum atomic E-state index is -0.429. The largest absolute Gasteiger partial charge is 0.323 e. The summed E-state index contributed by atoms with van der Waals surface area (Å²) >= 11 is 1.49. The summed E-state index contributed by atoms with van der Waals surface area (Å²) in [6, 6.07) is 14.5. The Morgan fingerprint density at radius 1 is 1.22 bits per heavy atom. The van der Waals surface area contributed by atoms with Gasteiger partial charge in [0.25, 0.3) is 0 Å². The van der Waals surface area contributed by atoms with Gasteiger partial charge in [-0.15, -0.1) is 11.3 Å². The van der Waals surface area contributed by atoms with Crippen molar-refractivity contribution in [3.63, 3.8) is 0 Å². The molecule has 0 radical (unpaired) electrons. The minimum Gasteiger partial charge on any atom is -0.323 e. The van der Waals surface area contributed by atoms with E-state index in [4.69, 9.17) is 0 Å². The van der Waals surface area contributed by atoms with Gasteiger partial charge < -0.3 is 5.32 Å². The molecule has 0 saturated carbocycles. The Morgan fingerprint density at radius 2 is 2.00 bits per heavy atom. The van der Waals surface area contributed by atoms with Gasteiger partial charge in [-0.1, -0.05) is 36.4 Å². The number of amides is 1. The lowest BCUT2D eigenvalue weighted by Crippen LogP contribution is -2.15. The lowest BCUT2D eigenvalue weighted by molar-refractivity contribution is -0.115. The number of aromatic nitrogens is 1. The van der Waals surface area contributed by atoms with Gasteiger partial charge >= 0.3 is 0 Å². The van der Waals surface area contributed by atoms with Crippen LogP contribution in [0.2, 0.25) is 0 Å². The highest BCUT2D eigenvalue weighted by molar-refractivity contribution is 7.13. The second-order valence-corrected chi connectivity index (χ2v) is 6.08. The van der Waals surface area contributed by atoms with Crippen LogP contribution in [0.15, 0.2) is 53.9 Å². The molecule has 3 nitrogen and oxygen atoms in total. The Hall–Kier alpha value is -2.53. The Labute approximate surface area is 137 Å². The van der Waals surface area contributed by atoms with Gasteiger partial charge in [0.05, 0.1) is 17.8 Å². The van der Waals surface area contributed by atoms with Crippen LogP contribution < -0.4 is 5.32 Å². The van der Waals surface area contributed by atoms with Crippen molar-refractivity contribution in [2.24, 2.45) is 0 Å². The number of benzene rings is 2. The molecule has 116 valence electrons. The molecule has 0 bridgehead atoms. The molecule has 0 saturated heterocycles. The van der Waals surface area contributed by atoms with Gasteiger partial charge in [0.1, 0.15) is 10.8 Å². The fourth-order valence-electron chi connectivity index (χ4n) is 2.18. The zero-order valence-electron chi connectivity index (χ0n) is 12.5. The number of carbonyl (C=O) groups excluding carboxylic acids is 1. The summed E-state index contributed by atoms with van der Waals surface area (Å²) < 4.78 is 13.7. The molecule has 0 unspecified atom stereocenters. The SMILES string of the molecule is Cc1ccc(NC(=O)Cc2csc(-c3ccccc3)n2)c(F)c1. The van der Waals surface area contributed by atoms with Crippen molar-refractivity contribution in [1.82, 2.24) is 4.98 Å². The molecule has 3 aromatic rings. The van der Waals surface area contributed by atoms with E-state index >= 15 is 0 Å². The first-order chi connectivity index (χ1) is 11.1. The molecule has 0 aliphatic heterocycles. The highest BCUT2D eigenvalue weighted by Crippen LogP contribution is 2.23. The average molecular weight is 326 g/mol. The molecular formula is C18H15FN2OS. The predicted octanol–water partition coefficient (Wildman–Crippen LogP) is 4.44. The van der Waals surface area contributed by atoms with Gasteiger partial charge in [-0.2, -0.15) is 0 Å². The van der Waals surface area contributed by atoms with Crippen LogP contribution in [0.3, 0.4) is 0 Å². The molecule has 5 heteroatoms. The minimum absolute atomic E-state index is 0.122. The van der Waals surface area contributed by atoms with Gasteiger partial charge in [0.15, 0.2) is 0 Å². The van der Waals surface area contributed by atoms with Gasteiger partial charge in [-0.25, -0.2) is 9.37 Å². The van der Waals surface area contributed by atoms with E-state index in [0.29, 0.717) is 5.69 Å². The number of nitrogens with one attached hydrogen (secondary N) is 1. The van der Waals surface area contributed by atoms with Gasteiger partial charge in [0, 0.05) is 10.9 Å². The average Bonchev–Trinajstić information content (AvgIpc) is 2.99. The van der Waals surface area contributed by atoms with Crippen LogP contribution in [0, 0.1) is 12.7 Å². The van der Waals surface area contributed by atoms with Crippen molar-refractivity contribution < 1.29 is 9.18 Å². The van der Waals surface area contributed by atoms with Crippen LogP contribution in [-0.2, 0) is 11.2 Å². The molecule has 0 spiro atoms. The van der Waals surface area contributed by atoms with Crippen LogP contribution in [0.4, 0.5) is 10.1 Å². The van der Waals surface area contributed by atoms with Crippen molar-refractivity contribution in [2.75, 3.05) is 5.32 Å². The number of anilines is 1. The van der Waals surface area contributed by atoms with Gasteiger partial charge in [-0.3, -0.25) is 4.79 Å².